The number of imide groups is 1. The monoisotopic (exact) mass is 717 g/mol. The van der Waals surface area contributed by atoms with Crippen molar-refractivity contribution in [3.8, 4) is 11.5 Å². The zero-order valence-corrected chi connectivity index (χ0v) is 28.0. The summed E-state index contributed by atoms with van der Waals surface area (Å²) < 4.78 is 5.77. The molecule has 5 aromatic rings. The summed E-state index contributed by atoms with van der Waals surface area (Å²) in [4.78, 5) is 67.7. The highest BCUT2D eigenvalue weighted by Gasteiger charge is 2.63. The molecule has 10 nitrogen and oxygen atoms in total. The Morgan fingerprint density at radius 2 is 1.16 bits per heavy atom. The Morgan fingerprint density at radius 1 is 0.686 bits per heavy atom. The molecule has 1 aliphatic heterocycles. The standard InChI is InChI=1S/C39H25Cl2N3O7/c40-30-18-11-22(19-31(30)41)37(46)42(20-32(45)21-9-14-24(15-10-21)51-25-16-12-23(13-17-25)44(49)50)43-38(47)35-33-26-5-1-2-6-27(26)34(36(35)39(43)48)29-8-4-3-7-28(29)33/h1-19,33-36H,20H2/t33?,34?,35-,36-/m0/s1. The molecule has 51 heavy (non-hydrogen) atoms. The summed E-state index contributed by atoms with van der Waals surface area (Å²) in [7, 11) is 0. The first-order valence-electron chi connectivity index (χ1n) is 16.0. The molecule has 0 unspecified atom stereocenters. The summed E-state index contributed by atoms with van der Waals surface area (Å²) in [5, 5.41) is 13.0. The molecule has 1 saturated heterocycles. The average molecular weight is 719 g/mol. The third-order valence-electron chi connectivity index (χ3n) is 9.82. The van der Waals surface area contributed by atoms with E-state index in [2.05, 4.69) is 0 Å². The Bertz CT molecular complexity index is 2180. The lowest BCUT2D eigenvalue weighted by Crippen LogP contribution is -2.52. The summed E-state index contributed by atoms with van der Waals surface area (Å²) in [6.07, 6.45) is 0. The molecular weight excluding hydrogens is 693 g/mol. The number of hydrogen-bond donors (Lipinski definition) is 0. The van der Waals surface area contributed by atoms with Crippen LogP contribution in [0.1, 0.15) is 54.8 Å². The van der Waals surface area contributed by atoms with E-state index in [0.29, 0.717) is 11.5 Å². The normalized spacial score (nSPS) is 19.6. The van der Waals surface area contributed by atoms with Gasteiger partial charge in [-0.2, -0.15) is 5.01 Å². The van der Waals surface area contributed by atoms with Gasteiger partial charge >= 0.3 is 0 Å². The zero-order valence-electron chi connectivity index (χ0n) is 26.4. The highest BCUT2D eigenvalue weighted by Crippen LogP contribution is 2.61. The number of carbonyl (C=O) groups is 4. The van der Waals surface area contributed by atoms with Crippen LogP contribution in [0.15, 0.2) is 115 Å². The minimum absolute atomic E-state index is 0.0362. The van der Waals surface area contributed by atoms with Crippen LogP contribution in [0.5, 0.6) is 11.5 Å². The SMILES string of the molecule is O=C(CN(C(=O)c1ccc(Cl)c(Cl)c1)N1C(=O)[C@H]2C3c4ccccc4C(c4ccccc43)[C@@H]2C1=O)c1ccc(Oc2ccc([N+](=O)[O-])cc2)cc1. The first-order chi connectivity index (χ1) is 24.6. The molecule has 1 heterocycles. The lowest BCUT2D eigenvalue weighted by molar-refractivity contribution is -0.384. The van der Waals surface area contributed by atoms with Gasteiger partial charge < -0.3 is 4.74 Å². The van der Waals surface area contributed by atoms with Crippen molar-refractivity contribution in [3.63, 3.8) is 0 Å². The number of nitrogens with zero attached hydrogens (tertiary/aromatic N) is 3. The van der Waals surface area contributed by atoms with Crippen LogP contribution in [0, 0.1) is 22.0 Å². The van der Waals surface area contributed by atoms with Gasteiger partial charge in [0.1, 0.15) is 18.0 Å². The van der Waals surface area contributed by atoms with Gasteiger partial charge in [0.05, 0.1) is 26.8 Å². The van der Waals surface area contributed by atoms with Crippen LogP contribution in [-0.2, 0) is 9.59 Å². The number of rotatable bonds is 8. The van der Waals surface area contributed by atoms with E-state index in [0.717, 1.165) is 32.3 Å². The predicted molar refractivity (Wildman–Crippen MR) is 187 cm³/mol. The largest absolute Gasteiger partial charge is 0.457 e. The van der Waals surface area contributed by atoms with Gasteiger partial charge in [-0.25, -0.2) is 5.01 Å². The van der Waals surface area contributed by atoms with Crippen LogP contribution >= 0.6 is 23.2 Å². The van der Waals surface area contributed by atoms with Gasteiger partial charge in [-0.3, -0.25) is 29.3 Å². The quantitative estimate of drug-likeness (QED) is 0.0693. The minimum Gasteiger partial charge on any atom is -0.457 e. The molecule has 1 fully saturated rings. The molecule has 3 aliphatic carbocycles. The van der Waals surface area contributed by atoms with Crippen LogP contribution in [-0.4, -0.2) is 45.0 Å². The fourth-order valence-electron chi connectivity index (χ4n) is 7.62. The Balaban J connectivity index is 1.12. The second-order valence-electron chi connectivity index (χ2n) is 12.5. The van der Waals surface area contributed by atoms with Crippen molar-refractivity contribution in [1.82, 2.24) is 10.0 Å². The number of Topliss-reactive ketones (excluding diaryl/α,β-unsaturated/α-hetero) is 1. The van der Waals surface area contributed by atoms with E-state index in [4.69, 9.17) is 27.9 Å². The summed E-state index contributed by atoms with van der Waals surface area (Å²) in [6.45, 7) is -0.631. The third kappa shape index (κ3) is 5.35. The van der Waals surface area contributed by atoms with Crippen LogP contribution in [0.25, 0.3) is 0 Å². The molecule has 0 N–H and O–H groups in total. The van der Waals surface area contributed by atoms with Crippen LogP contribution in [0.2, 0.25) is 10.0 Å². The Hall–Kier alpha value is -5.84. The van der Waals surface area contributed by atoms with E-state index >= 15 is 0 Å². The van der Waals surface area contributed by atoms with Crippen LogP contribution in [0.3, 0.4) is 0 Å². The van der Waals surface area contributed by atoms with Crippen molar-refractivity contribution in [1.29, 1.82) is 0 Å². The zero-order chi connectivity index (χ0) is 35.6. The second-order valence-corrected chi connectivity index (χ2v) is 13.4. The van der Waals surface area contributed by atoms with E-state index in [1.807, 2.05) is 48.5 Å². The first-order valence-corrected chi connectivity index (χ1v) is 16.8. The molecule has 0 saturated carbocycles. The number of carbonyl (C=O) groups excluding carboxylic acids is 4. The topological polar surface area (TPSA) is 127 Å². The van der Waals surface area contributed by atoms with Crippen molar-refractivity contribution in [2.75, 3.05) is 6.54 Å². The number of hydrazine groups is 1. The van der Waals surface area contributed by atoms with E-state index in [1.165, 1.54) is 66.7 Å². The smallest absolute Gasteiger partial charge is 0.273 e. The Labute approximate surface area is 300 Å². The number of amides is 3. The van der Waals surface area contributed by atoms with Crippen molar-refractivity contribution in [2.45, 2.75) is 11.8 Å². The van der Waals surface area contributed by atoms with E-state index in [1.54, 1.807) is 0 Å². The molecule has 0 aromatic heterocycles. The number of halogens is 2. The number of nitro groups is 1. The van der Waals surface area contributed by atoms with Gasteiger partial charge in [-0.15, -0.1) is 0 Å². The second kappa shape index (κ2) is 12.5. The number of ketones is 1. The molecule has 5 aromatic carbocycles. The van der Waals surface area contributed by atoms with Crippen LogP contribution in [0.4, 0.5) is 5.69 Å². The average Bonchev–Trinajstić information content (AvgIpc) is 3.41. The Morgan fingerprint density at radius 3 is 1.63 bits per heavy atom. The van der Waals surface area contributed by atoms with Gasteiger partial charge in [0, 0.05) is 35.1 Å². The lowest BCUT2D eigenvalue weighted by Gasteiger charge is -2.45. The summed E-state index contributed by atoms with van der Waals surface area (Å²) in [5.74, 6) is -4.10. The summed E-state index contributed by atoms with van der Waals surface area (Å²) >= 11 is 12.4. The van der Waals surface area contributed by atoms with E-state index in [-0.39, 0.29) is 26.9 Å². The lowest BCUT2D eigenvalue weighted by atomic mass is 9.55. The maximum Gasteiger partial charge on any atom is 0.273 e. The number of nitro benzene ring substituents is 1. The Kier molecular flexibility index (Phi) is 7.93. The van der Waals surface area contributed by atoms with E-state index < -0.39 is 58.6 Å². The highest BCUT2D eigenvalue weighted by molar-refractivity contribution is 6.42. The molecule has 2 atom stereocenters. The maximum absolute atomic E-state index is 14.6. The van der Waals surface area contributed by atoms with Crippen molar-refractivity contribution >= 4 is 52.4 Å². The number of benzene rings is 5. The van der Waals surface area contributed by atoms with Crippen molar-refractivity contribution in [2.24, 2.45) is 11.8 Å². The first kappa shape index (κ1) is 32.4. The molecule has 0 radical (unpaired) electrons. The third-order valence-corrected chi connectivity index (χ3v) is 10.6. The molecule has 2 bridgehead atoms. The number of ether oxygens (including phenoxy) is 1. The molecule has 3 amide bonds. The van der Waals surface area contributed by atoms with Crippen LogP contribution < -0.4 is 4.74 Å². The van der Waals surface area contributed by atoms with Gasteiger partial charge in [-0.05, 0) is 76.9 Å². The number of non-ortho nitro benzene ring substituents is 1. The van der Waals surface area contributed by atoms with Gasteiger partial charge in [0.25, 0.3) is 23.4 Å². The molecule has 9 rings (SSSR count). The van der Waals surface area contributed by atoms with Crippen molar-refractivity contribution < 1.29 is 28.8 Å². The van der Waals surface area contributed by atoms with Crippen molar-refractivity contribution in [3.05, 3.63) is 169 Å². The molecule has 12 heteroatoms. The summed E-state index contributed by atoms with van der Waals surface area (Å²) in [6, 6.07) is 31.4. The number of hydrogen-bond acceptors (Lipinski definition) is 7. The minimum atomic E-state index is -0.776. The fourth-order valence-corrected chi connectivity index (χ4v) is 7.92. The van der Waals surface area contributed by atoms with Gasteiger partial charge in [-0.1, -0.05) is 71.7 Å². The fraction of sp³-hybridized carbons (Fsp3) is 0.128. The molecule has 4 aliphatic rings. The van der Waals surface area contributed by atoms with E-state index in [9.17, 15) is 29.3 Å². The predicted octanol–water partition coefficient (Wildman–Crippen LogP) is 7.83. The van der Waals surface area contributed by atoms with Gasteiger partial charge in [0.15, 0.2) is 5.78 Å². The highest BCUT2D eigenvalue weighted by atomic mass is 35.5. The molecular formula is C39H25Cl2N3O7. The van der Waals surface area contributed by atoms with Gasteiger partial charge in [0.2, 0.25) is 0 Å². The summed E-state index contributed by atoms with van der Waals surface area (Å²) in [5.41, 5.74) is 4.03. The molecule has 0 spiro atoms. The maximum atomic E-state index is 14.6. The molecule has 252 valence electrons.